The molecule has 0 amide bonds. The minimum atomic E-state index is -0.925. The normalized spacial score (nSPS) is 13.7. The van der Waals surface area contributed by atoms with Gasteiger partial charge in [-0.2, -0.15) is 0 Å². The van der Waals surface area contributed by atoms with Gasteiger partial charge in [0.15, 0.2) is 0 Å². The first kappa shape index (κ1) is 14.2. The minimum absolute atomic E-state index is 0.0781. The van der Waals surface area contributed by atoms with Gasteiger partial charge in [0.1, 0.15) is 0 Å². The SMILES string of the molecule is CC[C@](CCC(=O)O)(C(=O)OC)c1ccncc1. The summed E-state index contributed by atoms with van der Waals surface area (Å²) in [6.07, 6.45) is 3.80. The lowest BCUT2D eigenvalue weighted by atomic mass is 9.75. The van der Waals surface area contributed by atoms with E-state index in [0.29, 0.717) is 6.42 Å². The van der Waals surface area contributed by atoms with Gasteiger partial charge in [0.2, 0.25) is 0 Å². The van der Waals surface area contributed by atoms with Crippen LogP contribution in [0.4, 0.5) is 0 Å². The van der Waals surface area contributed by atoms with Crippen LogP contribution < -0.4 is 0 Å². The molecule has 0 unspecified atom stereocenters. The van der Waals surface area contributed by atoms with E-state index in [1.165, 1.54) is 7.11 Å². The molecular formula is C13H17NO4. The molecule has 0 saturated heterocycles. The van der Waals surface area contributed by atoms with Gasteiger partial charge in [-0.25, -0.2) is 0 Å². The highest BCUT2D eigenvalue weighted by Crippen LogP contribution is 2.34. The molecule has 1 atom stereocenters. The third kappa shape index (κ3) is 2.85. The number of carboxylic acid groups (broad SMARTS) is 1. The Morgan fingerprint density at radius 3 is 2.44 bits per heavy atom. The van der Waals surface area contributed by atoms with Crippen molar-refractivity contribution in [3.05, 3.63) is 30.1 Å². The highest BCUT2D eigenvalue weighted by molar-refractivity contribution is 5.83. The second-order valence-corrected chi connectivity index (χ2v) is 4.06. The highest BCUT2D eigenvalue weighted by Gasteiger charge is 2.39. The van der Waals surface area contributed by atoms with Crippen molar-refractivity contribution < 1.29 is 19.4 Å². The van der Waals surface area contributed by atoms with E-state index in [0.717, 1.165) is 5.56 Å². The summed E-state index contributed by atoms with van der Waals surface area (Å²) in [6.45, 7) is 1.85. The molecule has 0 aliphatic heterocycles. The van der Waals surface area contributed by atoms with Crippen LogP contribution in [0.25, 0.3) is 0 Å². The number of carbonyl (C=O) groups excluding carboxylic acids is 1. The van der Waals surface area contributed by atoms with Gasteiger partial charge < -0.3 is 9.84 Å². The van der Waals surface area contributed by atoms with Gasteiger partial charge in [-0.3, -0.25) is 14.6 Å². The van der Waals surface area contributed by atoms with Crippen LogP contribution >= 0.6 is 0 Å². The Bertz CT molecular complexity index is 418. The molecule has 0 aliphatic carbocycles. The van der Waals surface area contributed by atoms with Crippen molar-refractivity contribution in [1.29, 1.82) is 0 Å². The molecule has 0 aromatic carbocycles. The van der Waals surface area contributed by atoms with Crippen molar-refractivity contribution in [2.45, 2.75) is 31.6 Å². The number of rotatable bonds is 6. The standard InChI is InChI=1S/C13H17NO4/c1-3-13(12(17)18-2,7-4-11(15)16)10-5-8-14-9-6-10/h5-6,8-9H,3-4,7H2,1-2H3,(H,15,16)/t13-/m1/s1. The molecular weight excluding hydrogens is 234 g/mol. The minimum Gasteiger partial charge on any atom is -0.481 e. The summed E-state index contributed by atoms with van der Waals surface area (Å²) in [4.78, 5) is 26.7. The van der Waals surface area contributed by atoms with Crippen molar-refractivity contribution in [3.63, 3.8) is 0 Å². The second kappa shape index (κ2) is 6.14. The number of hydrogen-bond donors (Lipinski definition) is 1. The highest BCUT2D eigenvalue weighted by atomic mass is 16.5. The lowest BCUT2D eigenvalue weighted by Crippen LogP contribution is -2.37. The zero-order valence-electron chi connectivity index (χ0n) is 10.5. The van der Waals surface area contributed by atoms with E-state index in [1.54, 1.807) is 24.5 Å². The van der Waals surface area contributed by atoms with Crippen LogP contribution in [0, 0.1) is 0 Å². The Labute approximate surface area is 106 Å². The summed E-state index contributed by atoms with van der Waals surface area (Å²) in [5.74, 6) is -1.33. The molecule has 1 heterocycles. The maximum Gasteiger partial charge on any atom is 0.316 e. The number of methoxy groups -OCH3 is 1. The van der Waals surface area contributed by atoms with Crippen molar-refractivity contribution in [3.8, 4) is 0 Å². The number of carbonyl (C=O) groups is 2. The lowest BCUT2D eigenvalue weighted by molar-refractivity contribution is -0.148. The van der Waals surface area contributed by atoms with Gasteiger partial charge in [-0.05, 0) is 30.5 Å². The van der Waals surface area contributed by atoms with E-state index >= 15 is 0 Å². The summed E-state index contributed by atoms with van der Waals surface area (Å²) < 4.78 is 4.84. The van der Waals surface area contributed by atoms with E-state index in [1.807, 2.05) is 6.92 Å². The zero-order valence-corrected chi connectivity index (χ0v) is 10.5. The topological polar surface area (TPSA) is 76.5 Å². The van der Waals surface area contributed by atoms with Crippen LogP contribution in [0.2, 0.25) is 0 Å². The van der Waals surface area contributed by atoms with E-state index in [-0.39, 0.29) is 12.8 Å². The quantitative estimate of drug-likeness (QED) is 0.780. The fourth-order valence-corrected chi connectivity index (χ4v) is 2.08. The summed E-state index contributed by atoms with van der Waals surface area (Å²) in [5.41, 5.74) is -0.163. The molecule has 1 aromatic heterocycles. The molecule has 18 heavy (non-hydrogen) atoms. The van der Waals surface area contributed by atoms with Gasteiger partial charge in [0, 0.05) is 18.8 Å². The molecule has 98 valence electrons. The third-order valence-corrected chi connectivity index (χ3v) is 3.18. The molecule has 0 fully saturated rings. The number of pyridine rings is 1. The van der Waals surface area contributed by atoms with Crippen molar-refractivity contribution >= 4 is 11.9 Å². The molecule has 0 spiro atoms. The third-order valence-electron chi connectivity index (χ3n) is 3.18. The molecule has 0 saturated carbocycles. The van der Waals surface area contributed by atoms with Crippen LogP contribution in [0.15, 0.2) is 24.5 Å². The van der Waals surface area contributed by atoms with E-state index < -0.39 is 17.4 Å². The number of nitrogens with zero attached hydrogens (tertiary/aromatic N) is 1. The summed E-state index contributed by atoms with van der Waals surface area (Å²) in [6, 6.07) is 3.45. The lowest BCUT2D eigenvalue weighted by Gasteiger charge is -2.29. The predicted molar refractivity (Wildman–Crippen MR) is 65.1 cm³/mol. The fourth-order valence-electron chi connectivity index (χ4n) is 2.08. The summed E-state index contributed by atoms with van der Waals surface area (Å²) >= 11 is 0. The average Bonchev–Trinajstić information content (AvgIpc) is 2.40. The number of aliphatic carboxylic acids is 1. The number of hydrogen-bond acceptors (Lipinski definition) is 4. The first-order chi connectivity index (χ1) is 8.56. The smallest absolute Gasteiger partial charge is 0.316 e. The number of esters is 1. The van der Waals surface area contributed by atoms with E-state index in [4.69, 9.17) is 9.84 Å². The maximum atomic E-state index is 12.0. The molecule has 1 rings (SSSR count). The van der Waals surface area contributed by atoms with Crippen LogP contribution in [0.3, 0.4) is 0 Å². The largest absolute Gasteiger partial charge is 0.481 e. The van der Waals surface area contributed by atoms with Gasteiger partial charge >= 0.3 is 11.9 Å². The maximum absolute atomic E-state index is 12.0. The Balaban J connectivity index is 3.14. The number of carboxylic acids is 1. The first-order valence-corrected chi connectivity index (χ1v) is 5.77. The van der Waals surface area contributed by atoms with Gasteiger partial charge in [-0.1, -0.05) is 6.92 Å². The van der Waals surface area contributed by atoms with E-state index in [9.17, 15) is 9.59 Å². The van der Waals surface area contributed by atoms with Gasteiger partial charge in [0.25, 0.3) is 0 Å². The molecule has 0 bridgehead atoms. The fraction of sp³-hybridized carbons (Fsp3) is 0.462. The van der Waals surface area contributed by atoms with Crippen molar-refractivity contribution in [1.82, 2.24) is 4.98 Å². The Kier molecular flexibility index (Phi) is 4.83. The van der Waals surface area contributed by atoms with Crippen LogP contribution in [0.5, 0.6) is 0 Å². The first-order valence-electron chi connectivity index (χ1n) is 5.77. The van der Waals surface area contributed by atoms with Crippen molar-refractivity contribution in [2.24, 2.45) is 0 Å². The van der Waals surface area contributed by atoms with Gasteiger partial charge in [0.05, 0.1) is 12.5 Å². The Hall–Kier alpha value is -1.91. The monoisotopic (exact) mass is 251 g/mol. The van der Waals surface area contributed by atoms with Crippen molar-refractivity contribution in [2.75, 3.05) is 7.11 Å². The summed E-state index contributed by atoms with van der Waals surface area (Å²) in [7, 11) is 1.31. The summed E-state index contributed by atoms with van der Waals surface area (Å²) in [5, 5.41) is 8.81. The molecule has 0 radical (unpaired) electrons. The molecule has 1 N–H and O–H groups in total. The average molecular weight is 251 g/mol. The van der Waals surface area contributed by atoms with Gasteiger partial charge in [-0.15, -0.1) is 0 Å². The Morgan fingerprint density at radius 2 is 2.00 bits per heavy atom. The number of ether oxygens (including phenoxy) is 1. The predicted octanol–water partition coefficient (Wildman–Crippen LogP) is 1.77. The van der Waals surface area contributed by atoms with E-state index in [2.05, 4.69) is 4.98 Å². The zero-order chi connectivity index (χ0) is 13.6. The van der Waals surface area contributed by atoms with Crippen LogP contribution in [-0.4, -0.2) is 29.1 Å². The van der Waals surface area contributed by atoms with Crippen LogP contribution in [-0.2, 0) is 19.7 Å². The molecule has 5 nitrogen and oxygen atoms in total. The molecule has 5 heteroatoms. The molecule has 0 aliphatic rings. The van der Waals surface area contributed by atoms with Crippen LogP contribution in [0.1, 0.15) is 31.7 Å². The Morgan fingerprint density at radius 1 is 1.39 bits per heavy atom. The second-order valence-electron chi connectivity index (χ2n) is 4.06. The molecule has 1 aromatic rings. The number of aromatic nitrogens is 1.